The van der Waals surface area contributed by atoms with Crippen molar-refractivity contribution in [3.8, 4) is 0 Å². The first-order chi connectivity index (χ1) is 26.9. The predicted octanol–water partition coefficient (Wildman–Crippen LogP) is 7.43. The van der Waals surface area contributed by atoms with Crippen LogP contribution in [-0.4, -0.2) is 63.2 Å². The molecule has 56 heavy (non-hydrogen) atoms. The normalized spacial score (nSPS) is 17.1. The summed E-state index contributed by atoms with van der Waals surface area (Å²) in [4.78, 5) is 37.0. The SMILES string of the molecule is CC1(C)C(/C=C/C=C/C=C/C=C2/N(CCCCC(=O)NC(CC(=O)O)C(=O)O)c3ccccc3C2(C)C)=[N+](CCCCSOO[O-])c2ccc3ccccc3c21. The van der Waals surface area contributed by atoms with Gasteiger partial charge in [0.25, 0.3) is 0 Å². The van der Waals surface area contributed by atoms with Gasteiger partial charge in [0, 0.05) is 71.7 Å². The van der Waals surface area contributed by atoms with E-state index in [2.05, 4.69) is 119 Å². The fraction of sp³-hybridized carbons (Fsp3) is 0.364. The Bertz CT molecular complexity index is 2070. The Labute approximate surface area is 332 Å². The Balaban J connectivity index is 1.27. The number of hydrogen-bond donors (Lipinski definition) is 3. The minimum atomic E-state index is -1.45. The summed E-state index contributed by atoms with van der Waals surface area (Å²) < 4.78 is 6.85. The number of fused-ring (bicyclic) bond motifs is 4. The molecule has 0 aliphatic carbocycles. The molecule has 1 atom stereocenters. The van der Waals surface area contributed by atoms with E-state index in [1.807, 2.05) is 36.4 Å². The van der Waals surface area contributed by atoms with Gasteiger partial charge in [-0.2, -0.15) is 8.91 Å². The van der Waals surface area contributed by atoms with E-state index in [0.717, 1.165) is 42.8 Å². The lowest BCUT2D eigenvalue weighted by molar-refractivity contribution is -0.777. The van der Waals surface area contributed by atoms with E-state index in [-0.39, 0.29) is 17.3 Å². The number of aliphatic carboxylic acids is 2. The van der Waals surface area contributed by atoms with Crippen molar-refractivity contribution in [3.63, 3.8) is 0 Å². The quantitative estimate of drug-likeness (QED) is 0.0264. The zero-order valence-corrected chi connectivity index (χ0v) is 33.2. The molecule has 11 nitrogen and oxygen atoms in total. The van der Waals surface area contributed by atoms with Crippen LogP contribution in [0.3, 0.4) is 0 Å². The number of benzene rings is 3. The minimum absolute atomic E-state index is 0.101. The van der Waals surface area contributed by atoms with Gasteiger partial charge in [0.2, 0.25) is 11.6 Å². The van der Waals surface area contributed by atoms with Crippen LogP contribution in [0.2, 0.25) is 0 Å². The van der Waals surface area contributed by atoms with E-state index in [0.29, 0.717) is 25.1 Å². The Morgan fingerprint density at radius 2 is 1.62 bits per heavy atom. The number of hydrogen-bond acceptors (Lipinski definition) is 8. The summed E-state index contributed by atoms with van der Waals surface area (Å²) in [6.45, 7) is 10.4. The molecule has 12 heteroatoms. The van der Waals surface area contributed by atoms with E-state index in [1.165, 1.54) is 33.3 Å². The number of carbonyl (C=O) groups excluding carboxylic acids is 1. The van der Waals surface area contributed by atoms with Gasteiger partial charge in [-0.3, -0.25) is 14.6 Å². The Morgan fingerprint density at radius 3 is 2.39 bits per heavy atom. The molecule has 0 radical (unpaired) electrons. The summed E-state index contributed by atoms with van der Waals surface area (Å²) >= 11 is 1.02. The fourth-order valence-electron chi connectivity index (χ4n) is 7.83. The summed E-state index contributed by atoms with van der Waals surface area (Å²) in [6, 6.07) is 19.8. The van der Waals surface area contributed by atoms with Gasteiger partial charge in [0.1, 0.15) is 12.6 Å². The molecule has 0 spiro atoms. The highest BCUT2D eigenvalue weighted by Crippen LogP contribution is 2.48. The van der Waals surface area contributed by atoms with Crippen LogP contribution in [-0.2, 0) is 34.6 Å². The van der Waals surface area contributed by atoms with Gasteiger partial charge >= 0.3 is 11.9 Å². The van der Waals surface area contributed by atoms with Crippen molar-refractivity contribution in [1.29, 1.82) is 0 Å². The maximum atomic E-state index is 12.4. The maximum absolute atomic E-state index is 12.4. The number of rotatable bonds is 20. The molecule has 0 saturated carbocycles. The molecule has 2 aliphatic heterocycles. The van der Waals surface area contributed by atoms with E-state index >= 15 is 0 Å². The summed E-state index contributed by atoms with van der Waals surface area (Å²) in [6.07, 6.45) is 16.9. The molecule has 3 aromatic rings. The molecule has 5 rings (SSSR count). The largest absolute Gasteiger partial charge is 0.691 e. The molecule has 0 saturated heterocycles. The topological polar surface area (TPSA) is 151 Å². The Morgan fingerprint density at radius 1 is 0.893 bits per heavy atom. The second kappa shape index (κ2) is 19.2. The summed E-state index contributed by atoms with van der Waals surface area (Å²) in [7, 11) is 0. The van der Waals surface area contributed by atoms with Gasteiger partial charge in [-0.25, -0.2) is 4.79 Å². The van der Waals surface area contributed by atoms with E-state index in [1.54, 1.807) is 0 Å². The summed E-state index contributed by atoms with van der Waals surface area (Å²) in [5, 5.41) is 36.6. The van der Waals surface area contributed by atoms with Crippen molar-refractivity contribution in [2.24, 2.45) is 0 Å². The molecule has 296 valence electrons. The van der Waals surface area contributed by atoms with Crippen LogP contribution in [0.5, 0.6) is 0 Å². The van der Waals surface area contributed by atoms with Crippen molar-refractivity contribution < 1.29 is 43.8 Å². The van der Waals surface area contributed by atoms with E-state index in [4.69, 9.17) is 5.11 Å². The van der Waals surface area contributed by atoms with E-state index in [9.17, 15) is 24.7 Å². The lowest BCUT2D eigenvalue weighted by Crippen LogP contribution is -2.42. The van der Waals surface area contributed by atoms with Gasteiger partial charge in [-0.15, -0.1) is 0 Å². The van der Waals surface area contributed by atoms with Gasteiger partial charge in [0.15, 0.2) is 5.71 Å². The number of para-hydroxylation sites is 1. The van der Waals surface area contributed by atoms with Crippen LogP contribution in [0.1, 0.15) is 77.3 Å². The highest BCUT2D eigenvalue weighted by atomic mass is 32.2. The lowest BCUT2D eigenvalue weighted by Gasteiger charge is -2.27. The van der Waals surface area contributed by atoms with Crippen LogP contribution in [0.15, 0.2) is 109 Å². The smallest absolute Gasteiger partial charge is 0.326 e. The van der Waals surface area contributed by atoms with Gasteiger partial charge in [0.05, 0.1) is 11.8 Å². The monoisotopic (exact) mass is 781 g/mol. The van der Waals surface area contributed by atoms with Crippen LogP contribution in [0, 0.1) is 0 Å². The first kappa shape index (κ1) is 42.1. The highest BCUT2D eigenvalue weighted by Gasteiger charge is 2.45. The summed E-state index contributed by atoms with van der Waals surface area (Å²) in [5.74, 6) is -2.47. The molecule has 3 N–H and O–H groups in total. The second-order valence-electron chi connectivity index (χ2n) is 15.0. The average molecular weight is 782 g/mol. The van der Waals surface area contributed by atoms with Crippen LogP contribution < -0.4 is 15.5 Å². The second-order valence-corrected chi connectivity index (χ2v) is 15.8. The van der Waals surface area contributed by atoms with Crippen LogP contribution in [0.25, 0.3) is 10.8 Å². The van der Waals surface area contributed by atoms with E-state index < -0.39 is 30.3 Å². The molecule has 2 heterocycles. The fourth-order valence-corrected chi connectivity index (χ4v) is 8.25. The number of carboxylic acids is 2. The molecule has 0 fully saturated rings. The lowest BCUT2D eigenvalue weighted by atomic mass is 9.79. The zero-order valence-electron chi connectivity index (χ0n) is 32.4. The molecule has 1 amide bonds. The Kier molecular flexibility index (Phi) is 14.5. The number of amides is 1. The first-order valence-electron chi connectivity index (χ1n) is 19.0. The van der Waals surface area contributed by atoms with Crippen molar-refractivity contribution in [2.45, 2.75) is 83.1 Å². The number of unbranched alkanes of at least 4 members (excludes halogenated alkanes) is 2. The number of nitrogens with one attached hydrogen (secondary N) is 1. The third-order valence-corrected chi connectivity index (χ3v) is 11.1. The molecule has 1 unspecified atom stereocenters. The molecule has 2 aliphatic rings. The minimum Gasteiger partial charge on any atom is -0.691 e. The van der Waals surface area contributed by atoms with Gasteiger partial charge in [-0.1, -0.05) is 86.7 Å². The molecule has 3 aromatic carbocycles. The summed E-state index contributed by atoms with van der Waals surface area (Å²) in [5.41, 5.74) is 6.72. The number of carbonyl (C=O) groups is 3. The Hall–Kier alpha value is -5.01. The third kappa shape index (κ3) is 9.86. The average Bonchev–Trinajstić information content (AvgIpc) is 3.52. The third-order valence-electron chi connectivity index (χ3n) is 10.5. The number of carboxylic acid groups (broad SMARTS) is 2. The van der Waals surface area contributed by atoms with Crippen molar-refractivity contribution in [2.75, 3.05) is 23.7 Å². The highest BCUT2D eigenvalue weighted by molar-refractivity contribution is 7.94. The molecular weight excluding hydrogens is 731 g/mol. The molecule has 0 aromatic heterocycles. The number of nitrogens with zero attached hydrogens (tertiary/aromatic N) is 2. The number of allylic oxidation sites excluding steroid dienone is 8. The van der Waals surface area contributed by atoms with Gasteiger partial charge < -0.3 is 25.7 Å². The number of anilines is 1. The van der Waals surface area contributed by atoms with Crippen LogP contribution in [0.4, 0.5) is 11.4 Å². The predicted molar refractivity (Wildman–Crippen MR) is 219 cm³/mol. The zero-order chi connectivity index (χ0) is 40.3. The van der Waals surface area contributed by atoms with Crippen LogP contribution >= 0.6 is 12.0 Å². The van der Waals surface area contributed by atoms with Gasteiger partial charge in [-0.05, 0) is 67.7 Å². The maximum Gasteiger partial charge on any atom is 0.326 e. The van der Waals surface area contributed by atoms with Crippen molar-refractivity contribution in [3.05, 3.63) is 120 Å². The first-order valence-corrected chi connectivity index (χ1v) is 19.9. The molecule has 0 bridgehead atoms. The van der Waals surface area contributed by atoms with Crippen molar-refractivity contribution in [1.82, 2.24) is 5.32 Å². The molecular formula is C44H51N3O8S. The standard InChI is InChI=1S/C44H51N3O8S/c1-43(2)33-20-12-13-21-35(33)46(27-15-14-24-39(48)45-34(42(51)52)30-40(49)50)37(43)22-8-6-5-7-9-23-38-44(3,4)41-32-19-11-10-18-31(32)25-26-36(41)47(38)28-16-17-29-56-55-54-53/h5-13,18-23,25-26,34H,14-17,24,27-30H2,1-4H3,(H3-,45,48,49,50,51,52,53). The van der Waals surface area contributed by atoms with Crippen molar-refractivity contribution >= 4 is 57.7 Å².